The van der Waals surface area contributed by atoms with E-state index in [-0.39, 0.29) is 17.9 Å². The number of carbonyl (C=O) groups excluding carboxylic acids is 1. The zero-order chi connectivity index (χ0) is 13.7. The Morgan fingerprint density at radius 1 is 1.37 bits per heavy atom. The molecule has 0 spiro atoms. The van der Waals surface area contributed by atoms with Gasteiger partial charge >= 0.3 is 0 Å². The van der Waals surface area contributed by atoms with E-state index in [9.17, 15) is 4.79 Å². The van der Waals surface area contributed by atoms with E-state index in [2.05, 4.69) is 12.2 Å². The van der Waals surface area contributed by atoms with E-state index in [0.717, 1.165) is 18.8 Å². The summed E-state index contributed by atoms with van der Waals surface area (Å²) in [4.78, 5) is 12.2. The van der Waals surface area contributed by atoms with Crippen molar-refractivity contribution in [3.63, 3.8) is 0 Å². The average molecular weight is 260 g/mol. The van der Waals surface area contributed by atoms with Gasteiger partial charge in [0, 0.05) is 12.6 Å². The molecule has 1 amide bonds. The topological polar surface area (TPSA) is 55.1 Å². The number of hydrogen-bond donors (Lipinski definition) is 2. The molecule has 104 valence electrons. The van der Waals surface area contributed by atoms with Gasteiger partial charge in [-0.15, -0.1) is 0 Å². The Kier molecular flexibility index (Phi) is 4.97. The minimum atomic E-state index is -0.121. The van der Waals surface area contributed by atoms with E-state index in [1.54, 1.807) is 0 Å². The third-order valence-corrected chi connectivity index (χ3v) is 3.75. The van der Waals surface area contributed by atoms with Crippen LogP contribution in [0, 0.1) is 11.8 Å². The zero-order valence-corrected chi connectivity index (χ0v) is 11.6. The summed E-state index contributed by atoms with van der Waals surface area (Å²) in [5.41, 5.74) is 6.92. The second kappa shape index (κ2) is 6.71. The maximum absolute atomic E-state index is 12.2. The molecular formula is C16H24N2O. The molecule has 2 rings (SSSR count). The molecule has 0 heterocycles. The molecule has 3 nitrogen and oxygen atoms in total. The summed E-state index contributed by atoms with van der Waals surface area (Å²) >= 11 is 0. The quantitative estimate of drug-likeness (QED) is 0.789. The van der Waals surface area contributed by atoms with Crippen LogP contribution >= 0.6 is 0 Å². The fraction of sp³-hybridized carbons (Fsp3) is 0.562. The van der Waals surface area contributed by atoms with Crippen LogP contribution in [0.15, 0.2) is 30.3 Å². The van der Waals surface area contributed by atoms with Crippen molar-refractivity contribution >= 4 is 5.91 Å². The first-order valence-electron chi connectivity index (χ1n) is 7.23. The first kappa shape index (κ1) is 14.1. The van der Waals surface area contributed by atoms with Gasteiger partial charge in [-0.1, -0.05) is 43.2 Å². The lowest BCUT2D eigenvalue weighted by atomic mass is 9.98. The third-order valence-electron chi connectivity index (χ3n) is 3.75. The summed E-state index contributed by atoms with van der Waals surface area (Å²) in [6.45, 7) is 2.49. The summed E-state index contributed by atoms with van der Waals surface area (Å²) in [6, 6.07) is 10.3. The number of amides is 1. The molecule has 1 saturated carbocycles. The van der Waals surface area contributed by atoms with Crippen LogP contribution in [0.3, 0.4) is 0 Å². The predicted octanol–water partition coefficient (Wildman–Crippen LogP) is 2.11. The highest BCUT2D eigenvalue weighted by molar-refractivity contribution is 5.79. The monoisotopic (exact) mass is 260 g/mol. The second-order valence-electron chi connectivity index (χ2n) is 5.71. The second-order valence-corrected chi connectivity index (χ2v) is 5.71. The summed E-state index contributed by atoms with van der Waals surface area (Å²) in [5, 5.41) is 3.10. The first-order chi connectivity index (χ1) is 9.19. The van der Waals surface area contributed by atoms with E-state index in [1.165, 1.54) is 18.4 Å². The molecule has 1 aliphatic rings. The summed E-state index contributed by atoms with van der Waals surface area (Å²) in [5.74, 6) is 0.810. The molecule has 1 aromatic rings. The van der Waals surface area contributed by atoms with Crippen LogP contribution in [-0.4, -0.2) is 18.5 Å². The maximum Gasteiger partial charge on any atom is 0.224 e. The average Bonchev–Trinajstić information content (AvgIpc) is 3.20. The molecule has 0 saturated heterocycles. The van der Waals surface area contributed by atoms with E-state index >= 15 is 0 Å². The van der Waals surface area contributed by atoms with Crippen LogP contribution in [0.5, 0.6) is 0 Å². The molecule has 0 aliphatic heterocycles. The van der Waals surface area contributed by atoms with Crippen molar-refractivity contribution in [2.24, 2.45) is 17.6 Å². The van der Waals surface area contributed by atoms with Crippen molar-refractivity contribution in [3.05, 3.63) is 35.9 Å². The number of hydrogen-bond acceptors (Lipinski definition) is 2. The summed E-state index contributed by atoms with van der Waals surface area (Å²) < 4.78 is 0. The Balaban J connectivity index is 1.83. The third kappa shape index (κ3) is 4.67. The van der Waals surface area contributed by atoms with Gasteiger partial charge in [-0.2, -0.15) is 0 Å². The largest absolute Gasteiger partial charge is 0.353 e. The molecule has 3 N–H and O–H groups in total. The normalized spacial score (nSPS) is 17.8. The Morgan fingerprint density at radius 2 is 2.05 bits per heavy atom. The van der Waals surface area contributed by atoms with Gasteiger partial charge in [0.2, 0.25) is 5.91 Å². The first-order valence-corrected chi connectivity index (χ1v) is 7.23. The van der Waals surface area contributed by atoms with E-state index < -0.39 is 0 Å². The van der Waals surface area contributed by atoms with Crippen LogP contribution in [0.1, 0.15) is 31.7 Å². The number of nitrogens with two attached hydrogens (primary N) is 1. The highest BCUT2D eigenvalue weighted by atomic mass is 16.1. The smallest absolute Gasteiger partial charge is 0.224 e. The van der Waals surface area contributed by atoms with Crippen molar-refractivity contribution in [2.45, 2.75) is 38.6 Å². The van der Waals surface area contributed by atoms with Crippen LogP contribution in [0.2, 0.25) is 0 Å². The van der Waals surface area contributed by atoms with Gasteiger partial charge in [-0.25, -0.2) is 0 Å². The molecule has 19 heavy (non-hydrogen) atoms. The van der Waals surface area contributed by atoms with Gasteiger partial charge in [0.15, 0.2) is 0 Å². The van der Waals surface area contributed by atoms with Gasteiger partial charge in [0.1, 0.15) is 0 Å². The molecule has 2 atom stereocenters. The van der Waals surface area contributed by atoms with Crippen molar-refractivity contribution in [2.75, 3.05) is 6.54 Å². The van der Waals surface area contributed by atoms with Crippen molar-refractivity contribution < 1.29 is 4.79 Å². The fourth-order valence-electron chi connectivity index (χ4n) is 2.45. The van der Waals surface area contributed by atoms with Crippen molar-refractivity contribution in [1.29, 1.82) is 0 Å². The Hall–Kier alpha value is -1.35. The standard InChI is InChI=1S/C16H24N2O/c1-12(9-14-7-8-14)18-16(19)15(11-17)10-13-5-3-2-4-6-13/h2-6,12,14-15H,7-11,17H2,1H3,(H,18,19). The van der Waals surface area contributed by atoms with Gasteiger partial charge < -0.3 is 11.1 Å². The zero-order valence-electron chi connectivity index (χ0n) is 11.6. The lowest BCUT2D eigenvalue weighted by molar-refractivity contribution is -0.125. The minimum Gasteiger partial charge on any atom is -0.353 e. The van der Waals surface area contributed by atoms with E-state index in [0.29, 0.717) is 6.54 Å². The molecule has 0 bridgehead atoms. The fourth-order valence-corrected chi connectivity index (χ4v) is 2.45. The highest BCUT2D eigenvalue weighted by Gasteiger charge is 2.25. The van der Waals surface area contributed by atoms with Gasteiger partial charge in [-0.05, 0) is 31.2 Å². The van der Waals surface area contributed by atoms with Crippen molar-refractivity contribution in [1.82, 2.24) is 5.32 Å². The lowest BCUT2D eigenvalue weighted by Crippen LogP contribution is -2.41. The van der Waals surface area contributed by atoms with Crippen LogP contribution in [0.4, 0.5) is 0 Å². The lowest BCUT2D eigenvalue weighted by Gasteiger charge is -2.19. The summed E-state index contributed by atoms with van der Waals surface area (Å²) in [7, 11) is 0. The Morgan fingerprint density at radius 3 is 2.63 bits per heavy atom. The molecule has 0 aromatic heterocycles. The molecule has 0 radical (unpaired) electrons. The van der Waals surface area contributed by atoms with Crippen molar-refractivity contribution in [3.8, 4) is 0 Å². The molecule has 3 heteroatoms. The van der Waals surface area contributed by atoms with E-state index in [4.69, 9.17) is 5.73 Å². The van der Waals surface area contributed by atoms with Gasteiger partial charge in [0.05, 0.1) is 5.92 Å². The Bertz CT molecular complexity index is 400. The highest BCUT2D eigenvalue weighted by Crippen LogP contribution is 2.33. The van der Waals surface area contributed by atoms with Gasteiger partial charge in [0.25, 0.3) is 0 Å². The minimum absolute atomic E-state index is 0.0968. The molecule has 1 aromatic carbocycles. The SMILES string of the molecule is CC(CC1CC1)NC(=O)C(CN)Cc1ccccc1. The number of carbonyl (C=O) groups is 1. The maximum atomic E-state index is 12.2. The molecule has 1 fully saturated rings. The number of rotatable bonds is 7. The van der Waals surface area contributed by atoms with Gasteiger partial charge in [-0.3, -0.25) is 4.79 Å². The van der Waals surface area contributed by atoms with Crippen LogP contribution < -0.4 is 11.1 Å². The summed E-state index contributed by atoms with van der Waals surface area (Å²) in [6.07, 6.45) is 4.47. The predicted molar refractivity (Wildman–Crippen MR) is 77.6 cm³/mol. The van der Waals surface area contributed by atoms with Crippen LogP contribution in [0.25, 0.3) is 0 Å². The molecular weight excluding hydrogens is 236 g/mol. The molecule has 2 unspecified atom stereocenters. The molecule has 1 aliphatic carbocycles. The number of benzene rings is 1. The number of nitrogens with one attached hydrogen (secondary N) is 1. The van der Waals surface area contributed by atoms with E-state index in [1.807, 2.05) is 30.3 Å². The van der Waals surface area contributed by atoms with Crippen LogP contribution in [-0.2, 0) is 11.2 Å². The Labute approximate surface area is 115 Å².